The van der Waals surface area contributed by atoms with Gasteiger partial charge in [-0.15, -0.1) is 0 Å². The molecular formula is C10H12BrNO. The van der Waals surface area contributed by atoms with Gasteiger partial charge in [-0.05, 0) is 34.8 Å². The van der Waals surface area contributed by atoms with Crippen molar-refractivity contribution < 1.29 is 4.74 Å². The molecular weight excluding hydrogens is 230 g/mol. The van der Waals surface area contributed by atoms with Crippen LogP contribution < -0.4 is 10.5 Å². The summed E-state index contributed by atoms with van der Waals surface area (Å²) in [6.07, 6.45) is 2.03. The zero-order valence-corrected chi connectivity index (χ0v) is 8.88. The third-order valence-electron chi connectivity index (χ3n) is 2.30. The third-order valence-corrected chi connectivity index (χ3v) is 2.93. The number of fused-ring (bicyclic) bond motifs is 1. The highest BCUT2D eigenvalue weighted by Gasteiger charge is 2.17. The van der Waals surface area contributed by atoms with Crippen molar-refractivity contribution in [1.29, 1.82) is 0 Å². The standard InChI is InChI=1S/C10H12BrNO/c11-8-4-1-3-7-9(12)5-2-6-13-10(7)8/h1,3-4,9H,2,5-6,12H2/t9-/m1/s1. The molecule has 0 aromatic heterocycles. The van der Waals surface area contributed by atoms with E-state index in [9.17, 15) is 0 Å². The van der Waals surface area contributed by atoms with E-state index in [2.05, 4.69) is 15.9 Å². The fourth-order valence-corrected chi connectivity index (χ4v) is 2.10. The highest BCUT2D eigenvalue weighted by Crippen LogP contribution is 2.35. The molecule has 2 rings (SSSR count). The Morgan fingerprint density at radius 1 is 1.46 bits per heavy atom. The summed E-state index contributed by atoms with van der Waals surface area (Å²) in [6.45, 7) is 0.767. The number of hydrogen-bond donors (Lipinski definition) is 1. The molecule has 0 aliphatic carbocycles. The Labute approximate surface area is 86.2 Å². The van der Waals surface area contributed by atoms with Crippen LogP contribution in [0.15, 0.2) is 22.7 Å². The molecule has 0 bridgehead atoms. The minimum atomic E-state index is 0.120. The number of halogens is 1. The Bertz CT molecular complexity index is 314. The van der Waals surface area contributed by atoms with Crippen molar-refractivity contribution in [1.82, 2.24) is 0 Å². The molecule has 70 valence electrons. The van der Waals surface area contributed by atoms with Crippen molar-refractivity contribution in [2.75, 3.05) is 6.61 Å². The summed E-state index contributed by atoms with van der Waals surface area (Å²) >= 11 is 3.46. The van der Waals surface area contributed by atoms with E-state index in [0.29, 0.717) is 0 Å². The summed E-state index contributed by atoms with van der Waals surface area (Å²) in [5, 5.41) is 0. The Balaban J connectivity index is 2.47. The van der Waals surface area contributed by atoms with Crippen LogP contribution in [0, 0.1) is 0 Å². The molecule has 0 amide bonds. The quantitative estimate of drug-likeness (QED) is 0.758. The lowest BCUT2D eigenvalue weighted by Crippen LogP contribution is -2.08. The first kappa shape index (κ1) is 9.03. The molecule has 0 fully saturated rings. The van der Waals surface area contributed by atoms with Crippen molar-refractivity contribution in [3.8, 4) is 5.75 Å². The van der Waals surface area contributed by atoms with Gasteiger partial charge in [0.2, 0.25) is 0 Å². The molecule has 0 saturated heterocycles. The second-order valence-corrected chi connectivity index (χ2v) is 4.11. The zero-order valence-electron chi connectivity index (χ0n) is 7.29. The number of para-hydroxylation sites is 1. The molecule has 0 unspecified atom stereocenters. The van der Waals surface area contributed by atoms with Gasteiger partial charge in [0, 0.05) is 11.6 Å². The second kappa shape index (κ2) is 3.68. The average Bonchev–Trinajstić information content (AvgIpc) is 2.30. The van der Waals surface area contributed by atoms with Gasteiger partial charge in [-0.25, -0.2) is 0 Å². The maximum Gasteiger partial charge on any atom is 0.138 e. The van der Waals surface area contributed by atoms with Crippen molar-refractivity contribution >= 4 is 15.9 Å². The summed E-state index contributed by atoms with van der Waals surface area (Å²) in [5.74, 6) is 0.924. The Morgan fingerprint density at radius 2 is 2.31 bits per heavy atom. The largest absolute Gasteiger partial charge is 0.492 e. The van der Waals surface area contributed by atoms with E-state index in [-0.39, 0.29) is 6.04 Å². The number of hydrogen-bond acceptors (Lipinski definition) is 2. The van der Waals surface area contributed by atoms with Crippen LogP contribution in [0.25, 0.3) is 0 Å². The maximum absolute atomic E-state index is 6.01. The average molecular weight is 242 g/mol. The normalized spacial score (nSPS) is 21.5. The molecule has 0 spiro atoms. The van der Waals surface area contributed by atoms with Gasteiger partial charge in [0.05, 0.1) is 11.1 Å². The van der Waals surface area contributed by atoms with Crippen LogP contribution in [-0.2, 0) is 0 Å². The number of ether oxygens (including phenoxy) is 1. The molecule has 1 aliphatic rings. The molecule has 2 N–H and O–H groups in total. The predicted octanol–water partition coefficient (Wildman–Crippen LogP) is 2.62. The minimum Gasteiger partial charge on any atom is -0.492 e. The SMILES string of the molecule is N[C@@H]1CCCOc2c(Br)cccc21. The van der Waals surface area contributed by atoms with Gasteiger partial charge >= 0.3 is 0 Å². The van der Waals surface area contributed by atoms with Crippen LogP contribution in [-0.4, -0.2) is 6.61 Å². The smallest absolute Gasteiger partial charge is 0.138 e. The van der Waals surface area contributed by atoms with E-state index in [1.165, 1.54) is 0 Å². The summed E-state index contributed by atoms with van der Waals surface area (Å²) in [7, 11) is 0. The predicted molar refractivity (Wildman–Crippen MR) is 55.8 cm³/mol. The maximum atomic E-state index is 6.01. The first-order valence-corrected chi connectivity index (χ1v) is 5.25. The van der Waals surface area contributed by atoms with Gasteiger partial charge in [0.25, 0.3) is 0 Å². The summed E-state index contributed by atoms with van der Waals surface area (Å²) in [6, 6.07) is 6.14. The molecule has 1 aliphatic heterocycles. The Hall–Kier alpha value is -0.540. The van der Waals surface area contributed by atoms with E-state index in [1.807, 2.05) is 18.2 Å². The lowest BCUT2D eigenvalue weighted by molar-refractivity contribution is 0.314. The van der Waals surface area contributed by atoms with Crippen LogP contribution >= 0.6 is 15.9 Å². The van der Waals surface area contributed by atoms with Crippen molar-refractivity contribution in [3.05, 3.63) is 28.2 Å². The van der Waals surface area contributed by atoms with Gasteiger partial charge in [0.1, 0.15) is 5.75 Å². The highest BCUT2D eigenvalue weighted by atomic mass is 79.9. The second-order valence-electron chi connectivity index (χ2n) is 3.26. The number of nitrogens with two attached hydrogens (primary N) is 1. The first-order chi connectivity index (χ1) is 6.29. The monoisotopic (exact) mass is 241 g/mol. The van der Waals surface area contributed by atoms with Crippen LogP contribution in [0.4, 0.5) is 0 Å². The fraction of sp³-hybridized carbons (Fsp3) is 0.400. The van der Waals surface area contributed by atoms with Crippen LogP contribution in [0.1, 0.15) is 24.4 Å². The minimum absolute atomic E-state index is 0.120. The molecule has 1 aromatic rings. The molecule has 2 nitrogen and oxygen atoms in total. The molecule has 0 radical (unpaired) electrons. The molecule has 0 saturated carbocycles. The van der Waals surface area contributed by atoms with E-state index in [4.69, 9.17) is 10.5 Å². The van der Waals surface area contributed by atoms with Gasteiger partial charge in [-0.2, -0.15) is 0 Å². The Morgan fingerprint density at radius 3 is 3.15 bits per heavy atom. The zero-order chi connectivity index (χ0) is 9.26. The van der Waals surface area contributed by atoms with Crippen molar-refractivity contribution in [3.63, 3.8) is 0 Å². The number of benzene rings is 1. The summed E-state index contributed by atoms with van der Waals surface area (Å²) < 4.78 is 6.62. The lowest BCUT2D eigenvalue weighted by Gasteiger charge is -2.12. The molecule has 1 atom stereocenters. The van der Waals surface area contributed by atoms with E-state index >= 15 is 0 Å². The van der Waals surface area contributed by atoms with E-state index in [1.54, 1.807) is 0 Å². The molecule has 3 heteroatoms. The van der Waals surface area contributed by atoms with Gasteiger partial charge < -0.3 is 10.5 Å². The van der Waals surface area contributed by atoms with E-state index < -0.39 is 0 Å². The van der Waals surface area contributed by atoms with Crippen LogP contribution in [0.2, 0.25) is 0 Å². The third kappa shape index (κ3) is 1.71. The lowest BCUT2D eigenvalue weighted by atomic mass is 10.0. The first-order valence-electron chi connectivity index (χ1n) is 4.46. The number of rotatable bonds is 0. The fourth-order valence-electron chi connectivity index (χ4n) is 1.60. The van der Waals surface area contributed by atoms with Crippen LogP contribution in [0.5, 0.6) is 5.75 Å². The highest BCUT2D eigenvalue weighted by molar-refractivity contribution is 9.10. The summed E-state index contributed by atoms with van der Waals surface area (Å²) in [5.41, 5.74) is 7.13. The van der Waals surface area contributed by atoms with Crippen molar-refractivity contribution in [2.24, 2.45) is 5.73 Å². The van der Waals surface area contributed by atoms with E-state index in [0.717, 1.165) is 35.2 Å². The Kier molecular flexibility index (Phi) is 2.56. The van der Waals surface area contributed by atoms with Crippen LogP contribution in [0.3, 0.4) is 0 Å². The topological polar surface area (TPSA) is 35.2 Å². The van der Waals surface area contributed by atoms with Gasteiger partial charge in [-0.1, -0.05) is 12.1 Å². The molecule has 1 aromatic carbocycles. The van der Waals surface area contributed by atoms with Crippen molar-refractivity contribution in [2.45, 2.75) is 18.9 Å². The summed E-state index contributed by atoms with van der Waals surface area (Å²) in [4.78, 5) is 0. The van der Waals surface area contributed by atoms with Gasteiger partial charge in [-0.3, -0.25) is 0 Å². The molecule has 13 heavy (non-hydrogen) atoms. The van der Waals surface area contributed by atoms with Gasteiger partial charge in [0.15, 0.2) is 0 Å². The molecule has 1 heterocycles.